The molecular formula is C27H25N3O5. The summed E-state index contributed by atoms with van der Waals surface area (Å²) in [5, 5.41) is 11.8. The lowest BCUT2D eigenvalue weighted by molar-refractivity contribution is -0.137. The van der Waals surface area contributed by atoms with Crippen LogP contribution in [0.25, 0.3) is 11.1 Å². The molecule has 2 amide bonds. The molecule has 8 heteroatoms. The van der Waals surface area contributed by atoms with Gasteiger partial charge in [-0.25, -0.2) is 9.78 Å². The first-order chi connectivity index (χ1) is 17.0. The van der Waals surface area contributed by atoms with Crippen LogP contribution in [0.5, 0.6) is 0 Å². The van der Waals surface area contributed by atoms with E-state index in [1.54, 1.807) is 12.1 Å². The molecule has 5 rings (SSSR count). The largest absolute Gasteiger partial charge is 0.481 e. The molecule has 35 heavy (non-hydrogen) atoms. The van der Waals surface area contributed by atoms with Crippen molar-refractivity contribution in [1.29, 1.82) is 0 Å². The number of amides is 2. The molecule has 0 saturated carbocycles. The molecule has 1 aromatic heterocycles. The van der Waals surface area contributed by atoms with Gasteiger partial charge in [0.05, 0.1) is 12.1 Å². The number of anilines is 1. The summed E-state index contributed by atoms with van der Waals surface area (Å²) in [6, 6.07) is 19.0. The molecule has 3 aromatic rings. The minimum absolute atomic E-state index is 0.0679. The average Bonchev–Trinajstić information content (AvgIpc) is 3.44. The first kappa shape index (κ1) is 22.6. The van der Waals surface area contributed by atoms with Crippen LogP contribution in [0.2, 0.25) is 0 Å². The normalized spacial score (nSPS) is 16.5. The van der Waals surface area contributed by atoms with Crippen molar-refractivity contribution in [2.24, 2.45) is 0 Å². The monoisotopic (exact) mass is 471 g/mol. The van der Waals surface area contributed by atoms with E-state index in [-0.39, 0.29) is 36.4 Å². The van der Waals surface area contributed by atoms with Gasteiger partial charge in [0.25, 0.3) is 5.91 Å². The van der Waals surface area contributed by atoms with Crippen LogP contribution in [0.15, 0.2) is 66.9 Å². The Labute approximate surface area is 202 Å². The van der Waals surface area contributed by atoms with Crippen molar-refractivity contribution in [3.05, 3.63) is 83.7 Å². The number of ether oxygens (including phenoxy) is 1. The second kappa shape index (κ2) is 9.58. The first-order valence-electron chi connectivity index (χ1n) is 11.6. The van der Waals surface area contributed by atoms with E-state index in [1.807, 2.05) is 36.4 Å². The zero-order valence-electron chi connectivity index (χ0n) is 19.0. The molecule has 1 aliphatic heterocycles. The number of fused-ring (bicyclic) bond motifs is 3. The summed E-state index contributed by atoms with van der Waals surface area (Å²) >= 11 is 0. The molecule has 1 aliphatic carbocycles. The fraction of sp³-hybridized carbons (Fsp3) is 0.259. The van der Waals surface area contributed by atoms with Crippen LogP contribution in [0.3, 0.4) is 0 Å². The predicted molar refractivity (Wildman–Crippen MR) is 129 cm³/mol. The zero-order chi connectivity index (χ0) is 24.4. The third kappa shape index (κ3) is 4.47. The molecule has 0 radical (unpaired) electrons. The van der Waals surface area contributed by atoms with E-state index in [9.17, 15) is 14.4 Å². The number of likely N-dealkylation sites (tertiary alicyclic amines) is 1. The van der Waals surface area contributed by atoms with Crippen LogP contribution in [0.1, 0.15) is 46.8 Å². The number of carboxylic acid groups (broad SMARTS) is 1. The van der Waals surface area contributed by atoms with E-state index in [2.05, 4.69) is 22.4 Å². The SMILES string of the molecule is O=C(O)C[C@@H]1CCCN1C(=O)c1ncccc1NC(=O)OCC1c2ccccc2-c2ccccc21. The van der Waals surface area contributed by atoms with Gasteiger partial charge in [0, 0.05) is 24.7 Å². The summed E-state index contributed by atoms with van der Waals surface area (Å²) in [6.45, 7) is 0.605. The maximum Gasteiger partial charge on any atom is 0.411 e. The lowest BCUT2D eigenvalue weighted by atomic mass is 9.98. The first-order valence-corrected chi connectivity index (χ1v) is 11.6. The highest BCUT2D eigenvalue weighted by molar-refractivity contribution is 6.01. The number of carbonyl (C=O) groups excluding carboxylic acids is 2. The third-order valence-electron chi connectivity index (χ3n) is 6.64. The number of nitrogens with zero attached hydrogens (tertiary/aromatic N) is 2. The molecular weight excluding hydrogens is 446 g/mol. The molecule has 1 fully saturated rings. The van der Waals surface area contributed by atoms with E-state index in [0.717, 1.165) is 28.7 Å². The van der Waals surface area contributed by atoms with Crippen molar-refractivity contribution in [1.82, 2.24) is 9.88 Å². The minimum Gasteiger partial charge on any atom is -0.481 e. The average molecular weight is 472 g/mol. The summed E-state index contributed by atoms with van der Waals surface area (Å²) in [5.41, 5.74) is 4.79. The predicted octanol–water partition coefficient (Wildman–Crippen LogP) is 4.52. The zero-order valence-corrected chi connectivity index (χ0v) is 19.0. The molecule has 2 aliphatic rings. The maximum absolute atomic E-state index is 13.2. The van der Waals surface area contributed by atoms with Gasteiger partial charge in [-0.2, -0.15) is 0 Å². The number of nitrogens with one attached hydrogen (secondary N) is 1. The van der Waals surface area contributed by atoms with E-state index in [4.69, 9.17) is 9.84 Å². The molecule has 0 bridgehead atoms. The van der Waals surface area contributed by atoms with Crippen LogP contribution < -0.4 is 5.32 Å². The number of benzene rings is 2. The molecule has 1 saturated heterocycles. The Balaban J connectivity index is 1.29. The molecule has 8 nitrogen and oxygen atoms in total. The van der Waals surface area contributed by atoms with Gasteiger partial charge in [-0.1, -0.05) is 48.5 Å². The fourth-order valence-corrected chi connectivity index (χ4v) is 5.07. The lowest BCUT2D eigenvalue weighted by Crippen LogP contribution is -2.37. The number of aliphatic carboxylic acids is 1. The van der Waals surface area contributed by atoms with Crippen LogP contribution >= 0.6 is 0 Å². The Morgan fingerprint density at radius 3 is 2.37 bits per heavy atom. The number of carboxylic acids is 1. The van der Waals surface area contributed by atoms with Gasteiger partial charge in [-0.3, -0.25) is 14.9 Å². The van der Waals surface area contributed by atoms with E-state index in [1.165, 1.54) is 11.1 Å². The van der Waals surface area contributed by atoms with Crippen molar-refractivity contribution < 1.29 is 24.2 Å². The second-order valence-electron chi connectivity index (χ2n) is 8.74. The summed E-state index contributed by atoms with van der Waals surface area (Å²) in [7, 11) is 0. The Bertz CT molecular complexity index is 1250. The van der Waals surface area contributed by atoms with Crippen molar-refractivity contribution in [2.75, 3.05) is 18.5 Å². The number of hydrogen-bond acceptors (Lipinski definition) is 5. The molecule has 0 unspecified atom stereocenters. The Morgan fingerprint density at radius 1 is 1.00 bits per heavy atom. The molecule has 0 spiro atoms. The summed E-state index contributed by atoms with van der Waals surface area (Å²) in [5.74, 6) is -1.43. The lowest BCUT2D eigenvalue weighted by Gasteiger charge is -2.24. The quantitative estimate of drug-likeness (QED) is 0.547. The second-order valence-corrected chi connectivity index (χ2v) is 8.74. The number of rotatable bonds is 6. The van der Waals surface area contributed by atoms with Gasteiger partial charge < -0.3 is 14.7 Å². The summed E-state index contributed by atoms with van der Waals surface area (Å²) in [4.78, 5) is 42.8. The highest BCUT2D eigenvalue weighted by Crippen LogP contribution is 2.44. The third-order valence-corrected chi connectivity index (χ3v) is 6.64. The molecule has 2 aromatic carbocycles. The summed E-state index contributed by atoms with van der Waals surface area (Å²) in [6.07, 6.45) is 2.02. The molecule has 1 atom stereocenters. The summed E-state index contributed by atoms with van der Waals surface area (Å²) < 4.78 is 5.60. The van der Waals surface area contributed by atoms with Gasteiger partial charge in [0.2, 0.25) is 0 Å². The van der Waals surface area contributed by atoms with E-state index < -0.39 is 18.0 Å². The van der Waals surface area contributed by atoms with Gasteiger partial charge in [0.15, 0.2) is 5.69 Å². The van der Waals surface area contributed by atoms with Crippen LogP contribution in [0.4, 0.5) is 10.5 Å². The van der Waals surface area contributed by atoms with Crippen molar-refractivity contribution >= 4 is 23.7 Å². The van der Waals surface area contributed by atoms with Gasteiger partial charge in [0.1, 0.15) is 6.61 Å². The van der Waals surface area contributed by atoms with Gasteiger partial charge in [-0.15, -0.1) is 0 Å². The smallest absolute Gasteiger partial charge is 0.411 e. The van der Waals surface area contributed by atoms with Crippen molar-refractivity contribution in [3.63, 3.8) is 0 Å². The molecule has 2 N–H and O–H groups in total. The highest BCUT2D eigenvalue weighted by atomic mass is 16.5. The van der Waals surface area contributed by atoms with E-state index in [0.29, 0.717) is 13.0 Å². The Morgan fingerprint density at radius 2 is 1.69 bits per heavy atom. The molecule has 178 valence electrons. The standard InChI is InChI=1S/C27H25N3O5/c31-24(32)15-17-7-6-14-30(17)26(33)25-23(12-5-13-28-25)29-27(34)35-16-22-20-10-3-1-8-18(20)19-9-2-4-11-21(19)22/h1-5,8-13,17,22H,6-7,14-16H2,(H,29,34)(H,31,32)/t17-/m0/s1. The van der Waals surface area contributed by atoms with Crippen molar-refractivity contribution in [2.45, 2.75) is 31.2 Å². The van der Waals surface area contributed by atoms with E-state index >= 15 is 0 Å². The highest BCUT2D eigenvalue weighted by Gasteiger charge is 2.33. The fourth-order valence-electron chi connectivity index (χ4n) is 5.07. The maximum atomic E-state index is 13.2. The number of pyridine rings is 1. The minimum atomic E-state index is -0.951. The van der Waals surface area contributed by atoms with Crippen molar-refractivity contribution in [3.8, 4) is 11.1 Å². The van der Waals surface area contributed by atoms with Gasteiger partial charge in [-0.05, 0) is 47.2 Å². The number of hydrogen-bond donors (Lipinski definition) is 2. The Hall–Kier alpha value is -4.20. The van der Waals surface area contributed by atoms with Crippen LogP contribution in [-0.2, 0) is 9.53 Å². The Kier molecular flexibility index (Phi) is 6.18. The van der Waals surface area contributed by atoms with Crippen LogP contribution in [0, 0.1) is 0 Å². The topological polar surface area (TPSA) is 109 Å². The van der Waals surface area contributed by atoms with Gasteiger partial charge >= 0.3 is 12.1 Å². The molecule has 2 heterocycles. The number of aromatic nitrogens is 1. The van der Waals surface area contributed by atoms with Crippen LogP contribution in [-0.4, -0.2) is 52.2 Å². The number of carbonyl (C=O) groups is 3.